The van der Waals surface area contributed by atoms with Gasteiger partial charge in [0.1, 0.15) is 0 Å². The number of nitrogens with two attached hydrogens (primary N) is 1. The molecular formula is C24H30N4O2. The maximum atomic E-state index is 13.1. The molecule has 0 unspecified atom stereocenters. The first-order chi connectivity index (χ1) is 14.5. The molecule has 0 spiro atoms. The molecule has 2 aromatic rings. The van der Waals surface area contributed by atoms with Crippen LogP contribution in [-0.4, -0.2) is 59.8 Å². The van der Waals surface area contributed by atoms with E-state index in [2.05, 4.69) is 22.9 Å². The summed E-state index contributed by atoms with van der Waals surface area (Å²) in [4.78, 5) is 33.8. The van der Waals surface area contributed by atoms with E-state index in [4.69, 9.17) is 10.7 Å². The monoisotopic (exact) mass is 406 g/mol. The van der Waals surface area contributed by atoms with E-state index in [0.717, 1.165) is 68.8 Å². The van der Waals surface area contributed by atoms with Crippen LogP contribution in [0.3, 0.4) is 0 Å². The van der Waals surface area contributed by atoms with E-state index >= 15 is 0 Å². The van der Waals surface area contributed by atoms with E-state index in [0.29, 0.717) is 11.5 Å². The Labute approximate surface area is 178 Å². The lowest BCUT2D eigenvalue weighted by Gasteiger charge is -2.37. The number of piperidine rings is 2. The second kappa shape index (κ2) is 8.96. The van der Waals surface area contributed by atoms with Crippen molar-refractivity contribution in [3.8, 4) is 11.3 Å². The zero-order valence-electron chi connectivity index (χ0n) is 17.6. The van der Waals surface area contributed by atoms with Gasteiger partial charge in [0.25, 0.3) is 0 Å². The summed E-state index contributed by atoms with van der Waals surface area (Å²) in [5, 5.41) is 0. The SMILES string of the molecule is CN1CCC(C(=O)N2CCC[C@H](c3cccc(-c4cccc(C(N)=O)c4)n3)C2)CC1. The minimum atomic E-state index is -0.441. The molecule has 3 heterocycles. The topological polar surface area (TPSA) is 79.5 Å². The molecule has 2 aliphatic heterocycles. The number of carbonyl (C=O) groups is 2. The molecule has 2 amide bonds. The average Bonchev–Trinajstić information content (AvgIpc) is 2.79. The largest absolute Gasteiger partial charge is 0.366 e. The molecule has 1 aromatic heterocycles. The Morgan fingerprint density at radius 3 is 2.57 bits per heavy atom. The highest BCUT2D eigenvalue weighted by molar-refractivity contribution is 5.94. The Balaban J connectivity index is 1.49. The lowest BCUT2D eigenvalue weighted by Crippen LogP contribution is -2.45. The van der Waals surface area contributed by atoms with Gasteiger partial charge in [-0.2, -0.15) is 0 Å². The number of pyridine rings is 1. The Bertz CT molecular complexity index is 921. The van der Waals surface area contributed by atoms with Crippen molar-refractivity contribution in [2.75, 3.05) is 33.2 Å². The predicted molar refractivity (Wildman–Crippen MR) is 117 cm³/mol. The number of carbonyl (C=O) groups excluding carboxylic acids is 2. The minimum Gasteiger partial charge on any atom is -0.366 e. The molecule has 1 aromatic carbocycles. The molecule has 2 saturated heterocycles. The van der Waals surface area contributed by atoms with Gasteiger partial charge in [0.15, 0.2) is 0 Å². The molecule has 1 atom stereocenters. The van der Waals surface area contributed by atoms with Gasteiger partial charge in [-0.25, -0.2) is 0 Å². The van der Waals surface area contributed by atoms with Crippen LogP contribution in [0.4, 0.5) is 0 Å². The fraction of sp³-hybridized carbons (Fsp3) is 0.458. The standard InChI is InChI=1S/C24H30N4O2/c1-27-13-10-17(11-14-27)24(30)28-12-4-7-20(16-28)22-9-3-8-21(26-22)18-5-2-6-19(15-18)23(25)29/h2-3,5-6,8-9,15,17,20H,4,7,10-14,16H2,1H3,(H2,25,29)/t20-/m0/s1. The van der Waals surface area contributed by atoms with Gasteiger partial charge in [0.05, 0.1) is 5.69 Å². The van der Waals surface area contributed by atoms with E-state index in [1.807, 2.05) is 24.3 Å². The molecule has 0 bridgehead atoms. The lowest BCUT2D eigenvalue weighted by atomic mass is 9.90. The van der Waals surface area contributed by atoms with Gasteiger partial charge in [-0.05, 0) is 70.1 Å². The second-order valence-corrected chi connectivity index (χ2v) is 8.59. The van der Waals surface area contributed by atoms with Gasteiger partial charge in [-0.3, -0.25) is 14.6 Å². The summed E-state index contributed by atoms with van der Waals surface area (Å²) >= 11 is 0. The molecule has 6 nitrogen and oxygen atoms in total. The maximum Gasteiger partial charge on any atom is 0.248 e. The number of primary amides is 1. The highest BCUT2D eigenvalue weighted by Crippen LogP contribution is 2.30. The Hall–Kier alpha value is -2.73. The highest BCUT2D eigenvalue weighted by atomic mass is 16.2. The Kier molecular flexibility index (Phi) is 6.13. The number of aromatic nitrogens is 1. The number of amides is 2. The molecule has 0 radical (unpaired) electrons. The summed E-state index contributed by atoms with van der Waals surface area (Å²) < 4.78 is 0. The van der Waals surface area contributed by atoms with Crippen LogP contribution in [0.15, 0.2) is 42.5 Å². The Morgan fingerprint density at radius 2 is 1.80 bits per heavy atom. The molecule has 6 heteroatoms. The van der Waals surface area contributed by atoms with Gasteiger partial charge < -0.3 is 15.5 Å². The fourth-order valence-corrected chi connectivity index (χ4v) is 4.60. The minimum absolute atomic E-state index is 0.163. The van der Waals surface area contributed by atoms with Crippen molar-refractivity contribution in [2.24, 2.45) is 11.7 Å². The van der Waals surface area contributed by atoms with Crippen molar-refractivity contribution < 1.29 is 9.59 Å². The number of benzene rings is 1. The van der Waals surface area contributed by atoms with Crippen LogP contribution in [0.1, 0.15) is 47.7 Å². The van der Waals surface area contributed by atoms with E-state index in [-0.39, 0.29) is 11.8 Å². The van der Waals surface area contributed by atoms with Crippen LogP contribution in [0.25, 0.3) is 11.3 Å². The molecule has 2 fully saturated rings. The summed E-state index contributed by atoms with van der Waals surface area (Å²) in [6.45, 7) is 3.59. The summed E-state index contributed by atoms with van der Waals surface area (Å²) in [5.74, 6) is 0.283. The number of hydrogen-bond donors (Lipinski definition) is 1. The van der Waals surface area contributed by atoms with Crippen molar-refractivity contribution >= 4 is 11.8 Å². The maximum absolute atomic E-state index is 13.1. The van der Waals surface area contributed by atoms with Crippen LogP contribution in [-0.2, 0) is 4.79 Å². The van der Waals surface area contributed by atoms with Crippen molar-refractivity contribution in [3.05, 3.63) is 53.7 Å². The van der Waals surface area contributed by atoms with Crippen molar-refractivity contribution in [3.63, 3.8) is 0 Å². The van der Waals surface area contributed by atoms with E-state index < -0.39 is 5.91 Å². The molecule has 158 valence electrons. The van der Waals surface area contributed by atoms with E-state index in [1.54, 1.807) is 12.1 Å². The molecular weight excluding hydrogens is 376 g/mol. The van der Waals surface area contributed by atoms with Crippen molar-refractivity contribution in [2.45, 2.75) is 31.6 Å². The van der Waals surface area contributed by atoms with Crippen LogP contribution in [0.2, 0.25) is 0 Å². The summed E-state index contributed by atoms with van der Waals surface area (Å²) in [5.41, 5.74) is 8.62. The summed E-state index contributed by atoms with van der Waals surface area (Å²) in [6, 6.07) is 13.3. The lowest BCUT2D eigenvalue weighted by molar-refractivity contribution is -0.138. The normalized spacial score (nSPS) is 20.8. The first kappa shape index (κ1) is 20.5. The molecule has 4 rings (SSSR count). The zero-order chi connectivity index (χ0) is 21.1. The van der Waals surface area contributed by atoms with Crippen molar-refractivity contribution in [1.29, 1.82) is 0 Å². The van der Waals surface area contributed by atoms with Gasteiger partial charge in [-0.1, -0.05) is 18.2 Å². The third-order valence-corrected chi connectivity index (χ3v) is 6.43. The Morgan fingerprint density at radius 1 is 1.03 bits per heavy atom. The quantitative estimate of drug-likeness (QED) is 0.847. The van der Waals surface area contributed by atoms with Crippen LogP contribution in [0.5, 0.6) is 0 Å². The van der Waals surface area contributed by atoms with E-state index in [9.17, 15) is 9.59 Å². The number of rotatable bonds is 4. The van der Waals surface area contributed by atoms with Gasteiger partial charge >= 0.3 is 0 Å². The molecule has 2 aliphatic rings. The molecule has 30 heavy (non-hydrogen) atoms. The third kappa shape index (κ3) is 4.54. The summed E-state index contributed by atoms with van der Waals surface area (Å²) in [7, 11) is 2.12. The average molecular weight is 407 g/mol. The van der Waals surface area contributed by atoms with Crippen LogP contribution >= 0.6 is 0 Å². The summed E-state index contributed by atoms with van der Waals surface area (Å²) in [6.07, 6.45) is 3.96. The first-order valence-corrected chi connectivity index (χ1v) is 10.9. The van der Waals surface area contributed by atoms with Crippen molar-refractivity contribution in [1.82, 2.24) is 14.8 Å². The van der Waals surface area contributed by atoms with Crippen LogP contribution in [0, 0.1) is 5.92 Å². The smallest absolute Gasteiger partial charge is 0.248 e. The van der Waals surface area contributed by atoms with Gasteiger partial charge in [0.2, 0.25) is 11.8 Å². The van der Waals surface area contributed by atoms with E-state index in [1.165, 1.54) is 0 Å². The van der Waals surface area contributed by atoms with Crippen LogP contribution < -0.4 is 5.73 Å². The highest BCUT2D eigenvalue weighted by Gasteiger charge is 2.31. The second-order valence-electron chi connectivity index (χ2n) is 8.59. The predicted octanol–water partition coefficient (Wildman–Crippen LogP) is 2.90. The zero-order valence-corrected chi connectivity index (χ0v) is 17.6. The van der Waals surface area contributed by atoms with Gasteiger partial charge in [-0.15, -0.1) is 0 Å². The number of hydrogen-bond acceptors (Lipinski definition) is 4. The fourth-order valence-electron chi connectivity index (χ4n) is 4.60. The molecule has 0 aliphatic carbocycles. The number of likely N-dealkylation sites (tertiary alicyclic amines) is 2. The van der Waals surface area contributed by atoms with Gasteiger partial charge in [0, 0.05) is 41.7 Å². The molecule has 0 saturated carbocycles. The first-order valence-electron chi connectivity index (χ1n) is 10.9. The third-order valence-electron chi connectivity index (χ3n) is 6.43. The molecule has 2 N–H and O–H groups in total. The number of nitrogens with zero attached hydrogens (tertiary/aromatic N) is 3.